The van der Waals surface area contributed by atoms with Crippen LogP contribution in [-0.2, 0) is 20.9 Å². The Labute approximate surface area is 152 Å². The second kappa shape index (κ2) is 7.40. The first-order chi connectivity index (χ1) is 12.5. The molecule has 0 unspecified atom stereocenters. The summed E-state index contributed by atoms with van der Waals surface area (Å²) in [6, 6.07) is 9.38. The second-order valence-electron chi connectivity index (χ2n) is 6.41. The van der Waals surface area contributed by atoms with E-state index in [2.05, 4.69) is 12.6 Å². The molecule has 0 spiro atoms. The molecule has 1 aromatic rings. The van der Waals surface area contributed by atoms with Gasteiger partial charge in [0.25, 0.3) is 0 Å². The molecule has 0 aromatic heterocycles. The molecule has 0 saturated heterocycles. The van der Waals surface area contributed by atoms with E-state index in [-0.39, 0.29) is 12.4 Å². The Balaban J connectivity index is 1.72. The van der Waals surface area contributed by atoms with Gasteiger partial charge in [-0.05, 0) is 24.1 Å². The standard InChI is InChI=1S/C21H19NO4/c1-13-9-16-10-15(5-8-18(20(16)23)19(13)11-22)21(24)26-12-14-3-6-17(25-2)7-4-14/h3-8,10,16,18-19H,1,9,12H2,2H3/t16-,18-,19+/m0/s1. The molecular weight excluding hydrogens is 330 g/mol. The summed E-state index contributed by atoms with van der Waals surface area (Å²) in [6.45, 7) is 4.05. The first-order valence-electron chi connectivity index (χ1n) is 8.34. The van der Waals surface area contributed by atoms with Crippen LogP contribution >= 0.6 is 0 Å². The smallest absolute Gasteiger partial charge is 0.338 e. The van der Waals surface area contributed by atoms with Crippen LogP contribution in [0.15, 0.2) is 60.2 Å². The highest BCUT2D eigenvalue weighted by Gasteiger charge is 2.39. The van der Waals surface area contributed by atoms with Crippen LogP contribution in [0.4, 0.5) is 0 Å². The number of hydrogen-bond acceptors (Lipinski definition) is 5. The van der Waals surface area contributed by atoms with Crippen molar-refractivity contribution < 1.29 is 19.1 Å². The summed E-state index contributed by atoms with van der Waals surface area (Å²) in [5, 5.41) is 9.29. The highest BCUT2D eigenvalue weighted by molar-refractivity contribution is 5.96. The van der Waals surface area contributed by atoms with Crippen molar-refractivity contribution in [1.82, 2.24) is 0 Å². The molecule has 1 saturated carbocycles. The van der Waals surface area contributed by atoms with Crippen molar-refractivity contribution in [2.75, 3.05) is 7.11 Å². The van der Waals surface area contributed by atoms with Crippen LogP contribution in [0.5, 0.6) is 5.75 Å². The van der Waals surface area contributed by atoms with Crippen LogP contribution in [-0.4, -0.2) is 18.9 Å². The number of benzene rings is 1. The average molecular weight is 349 g/mol. The number of carbonyl (C=O) groups excluding carboxylic acids is 2. The molecule has 2 aliphatic rings. The van der Waals surface area contributed by atoms with Crippen LogP contribution in [0, 0.1) is 29.1 Å². The summed E-state index contributed by atoms with van der Waals surface area (Å²) >= 11 is 0. The Morgan fingerprint density at radius 1 is 1.35 bits per heavy atom. The van der Waals surface area contributed by atoms with Crippen molar-refractivity contribution in [2.45, 2.75) is 13.0 Å². The van der Waals surface area contributed by atoms with Gasteiger partial charge in [-0.25, -0.2) is 4.79 Å². The highest BCUT2D eigenvalue weighted by Crippen LogP contribution is 2.38. The molecule has 132 valence electrons. The minimum Gasteiger partial charge on any atom is -0.497 e. The summed E-state index contributed by atoms with van der Waals surface area (Å²) in [6.07, 6.45) is 5.24. The van der Waals surface area contributed by atoms with Crippen molar-refractivity contribution in [3.8, 4) is 11.8 Å². The van der Waals surface area contributed by atoms with E-state index < -0.39 is 23.7 Å². The van der Waals surface area contributed by atoms with Crippen LogP contribution < -0.4 is 4.74 Å². The molecule has 5 heteroatoms. The number of esters is 1. The number of nitriles is 1. The number of ketones is 1. The number of rotatable bonds is 4. The maximum atomic E-state index is 12.5. The fourth-order valence-corrected chi connectivity index (χ4v) is 3.26. The number of allylic oxidation sites excluding steroid dienone is 3. The number of fused-ring (bicyclic) bond motifs is 2. The Hall–Kier alpha value is -3.13. The van der Waals surface area contributed by atoms with E-state index in [0.29, 0.717) is 12.0 Å². The molecular formula is C21H19NO4. The van der Waals surface area contributed by atoms with Crippen LogP contribution in [0.25, 0.3) is 0 Å². The minimum atomic E-state index is -0.547. The topological polar surface area (TPSA) is 76.4 Å². The van der Waals surface area contributed by atoms with Crippen molar-refractivity contribution in [2.24, 2.45) is 17.8 Å². The Bertz CT molecular complexity index is 842. The van der Waals surface area contributed by atoms with E-state index in [1.165, 1.54) is 0 Å². The van der Waals surface area contributed by atoms with Gasteiger partial charge in [-0.1, -0.05) is 42.5 Å². The van der Waals surface area contributed by atoms with Crippen molar-refractivity contribution in [3.63, 3.8) is 0 Å². The molecule has 1 fully saturated rings. The second-order valence-corrected chi connectivity index (χ2v) is 6.41. The zero-order valence-corrected chi connectivity index (χ0v) is 14.5. The van der Waals surface area contributed by atoms with Gasteiger partial charge in [0.1, 0.15) is 18.1 Å². The highest BCUT2D eigenvalue weighted by atomic mass is 16.5. The maximum absolute atomic E-state index is 12.5. The molecule has 3 rings (SSSR count). The lowest BCUT2D eigenvalue weighted by molar-refractivity contribution is -0.139. The quantitative estimate of drug-likeness (QED) is 0.616. The zero-order chi connectivity index (χ0) is 18.7. The fourth-order valence-electron chi connectivity index (χ4n) is 3.26. The first-order valence-corrected chi connectivity index (χ1v) is 8.34. The Kier molecular flexibility index (Phi) is 5.04. The van der Waals surface area contributed by atoms with Gasteiger partial charge < -0.3 is 9.47 Å². The van der Waals surface area contributed by atoms with Gasteiger partial charge >= 0.3 is 5.97 Å². The predicted molar refractivity (Wildman–Crippen MR) is 94.9 cm³/mol. The van der Waals surface area contributed by atoms with E-state index >= 15 is 0 Å². The largest absolute Gasteiger partial charge is 0.497 e. The average Bonchev–Trinajstić information content (AvgIpc) is 2.76. The maximum Gasteiger partial charge on any atom is 0.338 e. The number of methoxy groups -OCH3 is 1. The van der Waals surface area contributed by atoms with Crippen molar-refractivity contribution in [3.05, 3.63) is 65.8 Å². The Morgan fingerprint density at radius 2 is 2.08 bits per heavy atom. The summed E-state index contributed by atoms with van der Waals surface area (Å²) in [7, 11) is 1.59. The van der Waals surface area contributed by atoms with Crippen molar-refractivity contribution >= 4 is 11.8 Å². The molecule has 26 heavy (non-hydrogen) atoms. The van der Waals surface area contributed by atoms with Crippen molar-refractivity contribution in [1.29, 1.82) is 5.26 Å². The SMILES string of the molecule is C=C1C[C@H]2C=C(C(=O)OCc3ccc(OC)cc3)C=C[C@H](C2=O)[C@@H]1C#N. The molecule has 3 atom stereocenters. The zero-order valence-electron chi connectivity index (χ0n) is 14.5. The summed E-state index contributed by atoms with van der Waals surface area (Å²) < 4.78 is 10.5. The monoisotopic (exact) mass is 349 g/mol. The van der Waals surface area contributed by atoms with Gasteiger partial charge in [0, 0.05) is 5.92 Å². The van der Waals surface area contributed by atoms with Gasteiger partial charge in [0.2, 0.25) is 0 Å². The molecule has 0 N–H and O–H groups in total. The number of carbonyl (C=O) groups is 2. The van der Waals surface area contributed by atoms with Gasteiger partial charge in [-0.3, -0.25) is 4.79 Å². The van der Waals surface area contributed by atoms with E-state index in [1.54, 1.807) is 37.5 Å². The molecule has 0 heterocycles. The fraction of sp³-hybridized carbons (Fsp3) is 0.286. The molecule has 1 aromatic carbocycles. The van der Waals surface area contributed by atoms with E-state index in [4.69, 9.17) is 9.47 Å². The normalized spacial score (nSPS) is 24.3. The first kappa shape index (κ1) is 17.7. The molecule has 0 radical (unpaired) electrons. The lowest BCUT2D eigenvalue weighted by Crippen LogP contribution is -2.33. The van der Waals surface area contributed by atoms with E-state index in [1.807, 2.05) is 12.1 Å². The summed E-state index contributed by atoms with van der Waals surface area (Å²) in [4.78, 5) is 24.9. The molecule has 2 bridgehead atoms. The number of hydrogen-bond donors (Lipinski definition) is 0. The third kappa shape index (κ3) is 3.45. The van der Waals surface area contributed by atoms with Gasteiger partial charge in [0.05, 0.1) is 30.6 Å². The third-order valence-electron chi connectivity index (χ3n) is 4.74. The van der Waals surface area contributed by atoms with Crippen LogP contribution in [0.1, 0.15) is 12.0 Å². The van der Waals surface area contributed by atoms with E-state index in [9.17, 15) is 14.9 Å². The van der Waals surface area contributed by atoms with E-state index in [0.717, 1.165) is 16.9 Å². The molecule has 5 nitrogen and oxygen atoms in total. The van der Waals surface area contributed by atoms with Gasteiger partial charge in [-0.2, -0.15) is 5.26 Å². The van der Waals surface area contributed by atoms with Gasteiger partial charge in [-0.15, -0.1) is 0 Å². The minimum absolute atomic E-state index is 0.0434. The molecule has 0 amide bonds. The third-order valence-corrected chi connectivity index (χ3v) is 4.74. The predicted octanol–water partition coefficient (Wildman–Crippen LogP) is 3.14. The molecule has 0 aliphatic heterocycles. The number of Topliss-reactive ketones (excluding diaryl/α,β-unsaturated/α-hetero) is 1. The number of ether oxygens (including phenoxy) is 2. The lowest BCUT2D eigenvalue weighted by atomic mass is 9.71. The van der Waals surface area contributed by atoms with Gasteiger partial charge in [0.15, 0.2) is 0 Å². The lowest BCUT2D eigenvalue weighted by Gasteiger charge is -2.29. The number of nitrogens with zero attached hydrogens (tertiary/aromatic N) is 1. The van der Waals surface area contributed by atoms with Crippen LogP contribution in [0.2, 0.25) is 0 Å². The molecule has 2 aliphatic carbocycles. The summed E-state index contributed by atoms with van der Waals surface area (Å²) in [5.41, 5.74) is 1.91. The Morgan fingerprint density at radius 3 is 2.73 bits per heavy atom. The van der Waals surface area contributed by atoms with Crippen LogP contribution in [0.3, 0.4) is 0 Å². The summed E-state index contributed by atoms with van der Waals surface area (Å²) in [5.74, 6) is -1.31.